The first kappa shape index (κ1) is 13.6. The van der Waals surface area contributed by atoms with Gasteiger partial charge in [-0.15, -0.1) is 11.3 Å². The Labute approximate surface area is 123 Å². The molecule has 1 fully saturated rings. The number of hydrogen-bond donors (Lipinski definition) is 1. The molecule has 1 aliphatic carbocycles. The Hall–Kier alpha value is -1.34. The maximum absolute atomic E-state index is 12.7. The molecule has 2 aromatic heterocycles. The molecule has 0 bridgehead atoms. The molecule has 0 atom stereocenters. The van der Waals surface area contributed by atoms with Crippen LogP contribution in [0.2, 0.25) is 0 Å². The normalized spacial score (nSPS) is 14.9. The third kappa shape index (κ3) is 2.25. The molecule has 2 heterocycles. The average molecular weight is 310 g/mol. The fourth-order valence-electron chi connectivity index (χ4n) is 2.17. The second-order valence-electron chi connectivity index (χ2n) is 4.95. The first-order valence-electron chi connectivity index (χ1n) is 6.36. The van der Waals surface area contributed by atoms with Gasteiger partial charge in [0.15, 0.2) is 5.16 Å². The second-order valence-corrected chi connectivity index (χ2v) is 7.09. The number of carboxylic acids is 1. The summed E-state index contributed by atoms with van der Waals surface area (Å²) in [5, 5.41) is 10.0. The van der Waals surface area contributed by atoms with Gasteiger partial charge in [-0.2, -0.15) is 0 Å². The Morgan fingerprint density at radius 3 is 2.80 bits per heavy atom. The molecule has 106 valence electrons. The van der Waals surface area contributed by atoms with Crippen LogP contribution in [0.1, 0.15) is 29.3 Å². The summed E-state index contributed by atoms with van der Waals surface area (Å²) in [6.45, 7) is 3.92. The van der Waals surface area contributed by atoms with Gasteiger partial charge >= 0.3 is 5.97 Å². The van der Waals surface area contributed by atoms with Crippen molar-refractivity contribution >= 4 is 39.3 Å². The zero-order valence-corrected chi connectivity index (χ0v) is 12.8. The van der Waals surface area contributed by atoms with E-state index in [9.17, 15) is 9.59 Å². The van der Waals surface area contributed by atoms with Gasteiger partial charge in [-0.25, -0.2) is 4.98 Å². The summed E-state index contributed by atoms with van der Waals surface area (Å²) in [6, 6.07) is 0.190. The van der Waals surface area contributed by atoms with E-state index in [1.807, 2.05) is 13.8 Å². The lowest BCUT2D eigenvalue weighted by Gasteiger charge is -2.10. The van der Waals surface area contributed by atoms with E-state index >= 15 is 0 Å². The molecule has 0 radical (unpaired) electrons. The van der Waals surface area contributed by atoms with Crippen LogP contribution in [0.5, 0.6) is 0 Å². The van der Waals surface area contributed by atoms with E-state index in [-0.39, 0.29) is 17.4 Å². The van der Waals surface area contributed by atoms with Crippen molar-refractivity contribution in [1.82, 2.24) is 9.55 Å². The molecular formula is C13H14N2O3S2. The number of nitrogens with zero attached hydrogens (tertiary/aromatic N) is 2. The first-order chi connectivity index (χ1) is 9.49. The van der Waals surface area contributed by atoms with Crippen molar-refractivity contribution < 1.29 is 9.90 Å². The second kappa shape index (κ2) is 4.89. The number of carboxylic acid groups (broad SMARTS) is 1. The number of aryl methyl sites for hydroxylation is 2. The highest BCUT2D eigenvalue weighted by Gasteiger charge is 2.29. The summed E-state index contributed by atoms with van der Waals surface area (Å²) < 4.78 is 1.69. The van der Waals surface area contributed by atoms with Crippen LogP contribution in [-0.4, -0.2) is 26.4 Å². The van der Waals surface area contributed by atoms with Gasteiger partial charge in [-0.3, -0.25) is 14.2 Å². The number of thiophene rings is 1. The lowest BCUT2D eigenvalue weighted by molar-refractivity contribution is -0.133. The molecule has 1 aliphatic rings. The Kier molecular flexibility index (Phi) is 3.33. The van der Waals surface area contributed by atoms with Crippen LogP contribution in [0.4, 0.5) is 0 Å². The number of aromatic nitrogens is 2. The Bertz CT molecular complexity index is 759. The van der Waals surface area contributed by atoms with E-state index in [4.69, 9.17) is 5.11 Å². The Morgan fingerprint density at radius 2 is 2.20 bits per heavy atom. The van der Waals surface area contributed by atoms with Gasteiger partial charge in [0.25, 0.3) is 5.56 Å². The number of fused-ring (bicyclic) bond motifs is 1. The van der Waals surface area contributed by atoms with Gasteiger partial charge in [0.05, 0.1) is 11.1 Å². The maximum Gasteiger partial charge on any atom is 0.313 e. The third-order valence-corrected chi connectivity index (χ3v) is 5.48. The van der Waals surface area contributed by atoms with E-state index in [2.05, 4.69) is 4.98 Å². The molecule has 0 aliphatic heterocycles. The summed E-state index contributed by atoms with van der Waals surface area (Å²) in [4.78, 5) is 29.8. The minimum Gasteiger partial charge on any atom is -0.481 e. The zero-order valence-electron chi connectivity index (χ0n) is 11.2. The largest absolute Gasteiger partial charge is 0.481 e. The molecule has 1 N–H and O–H groups in total. The zero-order chi connectivity index (χ0) is 14.4. The number of aliphatic carboxylic acids is 1. The molecule has 2 aromatic rings. The highest BCUT2D eigenvalue weighted by molar-refractivity contribution is 7.99. The molecule has 0 aromatic carbocycles. The van der Waals surface area contributed by atoms with E-state index in [0.717, 1.165) is 39.9 Å². The lowest BCUT2D eigenvalue weighted by Crippen LogP contribution is -2.22. The number of carbonyl (C=O) groups is 1. The quantitative estimate of drug-likeness (QED) is 0.694. The first-order valence-corrected chi connectivity index (χ1v) is 8.16. The van der Waals surface area contributed by atoms with E-state index in [1.165, 1.54) is 11.3 Å². The molecule has 3 rings (SSSR count). The average Bonchev–Trinajstić information content (AvgIpc) is 3.15. The smallest absolute Gasteiger partial charge is 0.313 e. The number of thioether (sulfide) groups is 1. The van der Waals surface area contributed by atoms with Crippen LogP contribution < -0.4 is 5.56 Å². The molecule has 0 spiro atoms. The Morgan fingerprint density at radius 1 is 1.50 bits per heavy atom. The van der Waals surface area contributed by atoms with Gasteiger partial charge in [-0.1, -0.05) is 11.8 Å². The summed E-state index contributed by atoms with van der Waals surface area (Å²) in [5.74, 6) is -0.973. The van der Waals surface area contributed by atoms with Crippen LogP contribution >= 0.6 is 23.1 Å². The van der Waals surface area contributed by atoms with Crippen molar-refractivity contribution in [3.05, 3.63) is 20.8 Å². The topological polar surface area (TPSA) is 72.2 Å². The van der Waals surface area contributed by atoms with E-state index < -0.39 is 5.97 Å². The minimum atomic E-state index is -0.898. The fourth-order valence-corrected chi connectivity index (χ4v) is 4.03. The van der Waals surface area contributed by atoms with Crippen molar-refractivity contribution in [2.75, 3.05) is 5.75 Å². The fraction of sp³-hybridized carbons (Fsp3) is 0.462. The molecule has 5 nitrogen and oxygen atoms in total. The lowest BCUT2D eigenvalue weighted by atomic mass is 10.2. The van der Waals surface area contributed by atoms with Gasteiger partial charge in [-0.05, 0) is 32.3 Å². The number of hydrogen-bond acceptors (Lipinski definition) is 5. The van der Waals surface area contributed by atoms with Crippen LogP contribution in [-0.2, 0) is 4.79 Å². The molecule has 7 heteroatoms. The summed E-state index contributed by atoms with van der Waals surface area (Å²) in [6.07, 6.45) is 1.94. The highest BCUT2D eigenvalue weighted by atomic mass is 32.2. The van der Waals surface area contributed by atoms with Gasteiger partial charge in [0.1, 0.15) is 4.83 Å². The Balaban J connectivity index is 2.20. The van der Waals surface area contributed by atoms with Gasteiger partial charge in [0, 0.05) is 10.9 Å². The SMILES string of the molecule is Cc1sc2nc(SCC(=O)O)n(C3CC3)c(=O)c2c1C. The maximum atomic E-state index is 12.7. The van der Waals surface area contributed by atoms with Crippen LogP contribution in [0.3, 0.4) is 0 Å². The molecule has 20 heavy (non-hydrogen) atoms. The molecule has 0 unspecified atom stereocenters. The monoisotopic (exact) mass is 310 g/mol. The van der Waals surface area contributed by atoms with Crippen molar-refractivity contribution in [1.29, 1.82) is 0 Å². The van der Waals surface area contributed by atoms with Gasteiger partial charge in [0.2, 0.25) is 0 Å². The third-order valence-electron chi connectivity index (χ3n) is 3.44. The summed E-state index contributed by atoms with van der Waals surface area (Å²) in [7, 11) is 0. The minimum absolute atomic E-state index is 0.0211. The van der Waals surface area contributed by atoms with Crippen molar-refractivity contribution in [3.63, 3.8) is 0 Å². The van der Waals surface area contributed by atoms with Crippen molar-refractivity contribution in [2.24, 2.45) is 0 Å². The van der Waals surface area contributed by atoms with Crippen LogP contribution in [0.25, 0.3) is 10.2 Å². The predicted molar refractivity (Wildman–Crippen MR) is 80.0 cm³/mol. The van der Waals surface area contributed by atoms with E-state index in [0.29, 0.717) is 10.5 Å². The molecule has 1 saturated carbocycles. The van der Waals surface area contributed by atoms with Gasteiger partial charge < -0.3 is 5.11 Å². The summed E-state index contributed by atoms with van der Waals surface area (Å²) >= 11 is 2.62. The standard InChI is InChI=1S/C13H14N2O3S2/c1-6-7(2)20-11-10(6)12(18)15(8-3-4-8)13(14-11)19-5-9(16)17/h8H,3-5H2,1-2H3,(H,16,17). The van der Waals surface area contributed by atoms with Crippen molar-refractivity contribution in [3.8, 4) is 0 Å². The predicted octanol–water partition coefficient (Wildman–Crippen LogP) is 2.59. The van der Waals surface area contributed by atoms with E-state index in [1.54, 1.807) is 4.57 Å². The molecular weight excluding hydrogens is 296 g/mol. The number of rotatable bonds is 4. The van der Waals surface area contributed by atoms with Crippen molar-refractivity contribution in [2.45, 2.75) is 37.9 Å². The van der Waals surface area contributed by atoms with Crippen LogP contribution in [0.15, 0.2) is 9.95 Å². The highest BCUT2D eigenvalue weighted by Crippen LogP contribution is 2.38. The molecule has 0 saturated heterocycles. The molecule has 0 amide bonds. The summed E-state index contributed by atoms with van der Waals surface area (Å²) in [5.41, 5.74) is 0.971. The van der Waals surface area contributed by atoms with Crippen LogP contribution in [0, 0.1) is 13.8 Å².